The lowest BCUT2D eigenvalue weighted by molar-refractivity contribution is -0.372. The second-order valence-corrected chi connectivity index (χ2v) is 28.5. The van der Waals surface area contributed by atoms with Crippen molar-refractivity contribution in [2.45, 2.75) is 291 Å². The summed E-state index contributed by atoms with van der Waals surface area (Å²) < 4.78 is 60.7. The fraction of sp³-hybridized carbons (Fsp3) is 0.967. The molecule has 0 radical (unpaired) electrons. The molecule has 0 aromatic rings. The van der Waals surface area contributed by atoms with E-state index < -0.39 is 202 Å². The van der Waals surface area contributed by atoms with Gasteiger partial charge in [-0.25, -0.2) is 0 Å². The Morgan fingerprint density at radius 1 is 0.517 bits per heavy atom. The molecule has 35 unspecified atom stereocenters. The predicted octanol–water partition coefficient (Wildman–Crippen LogP) is -3.35. The third-order valence-electron chi connectivity index (χ3n) is 23.1. The predicted molar refractivity (Wildman–Crippen MR) is 297 cm³/mol. The summed E-state index contributed by atoms with van der Waals surface area (Å²) in [6.45, 7) is 15.9. The Morgan fingerprint density at radius 2 is 1.01 bits per heavy atom. The van der Waals surface area contributed by atoms with E-state index in [0.717, 1.165) is 24.8 Å². The highest BCUT2D eigenvalue weighted by Gasteiger charge is 2.72. The average Bonchev–Trinajstić information content (AvgIpc) is 1.71. The van der Waals surface area contributed by atoms with E-state index in [2.05, 4.69) is 34.6 Å². The van der Waals surface area contributed by atoms with Gasteiger partial charge in [0, 0.05) is 0 Å². The quantitative estimate of drug-likeness (QED) is 0.0471. The summed E-state index contributed by atoms with van der Waals surface area (Å²) in [6.07, 6.45) is -33.2. The largest absolute Gasteiger partial charge is 0.394 e. The molecule has 27 heteroatoms. The average molecular weight is 1260 g/mol. The van der Waals surface area contributed by atoms with E-state index in [0.29, 0.717) is 38.5 Å². The van der Waals surface area contributed by atoms with Crippen LogP contribution in [-0.4, -0.2) is 285 Å². The van der Waals surface area contributed by atoms with Crippen LogP contribution < -0.4 is 0 Å². The van der Waals surface area contributed by atoms with Crippen LogP contribution in [0.4, 0.5) is 0 Å². The van der Waals surface area contributed by atoms with Crippen molar-refractivity contribution in [3.05, 3.63) is 11.6 Å². The fourth-order valence-electron chi connectivity index (χ4n) is 17.6. The zero-order chi connectivity index (χ0) is 63.9. The number of hydrogen-bond acceptors (Lipinski definition) is 27. The van der Waals surface area contributed by atoms with Crippen molar-refractivity contribution in [2.24, 2.45) is 45.3 Å². The van der Waals surface area contributed by atoms with Gasteiger partial charge in [0.25, 0.3) is 0 Å². The van der Waals surface area contributed by atoms with Crippen LogP contribution in [0.2, 0.25) is 0 Å². The summed E-state index contributed by atoms with van der Waals surface area (Å²) in [4.78, 5) is 0. The third kappa shape index (κ3) is 12.7. The normalized spacial score (nSPS) is 53.6. The first-order valence-corrected chi connectivity index (χ1v) is 31.3. The minimum absolute atomic E-state index is 0.00842. The highest BCUT2D eigenvalue weighted by molar-refractivity contribution is 5.21. The Labute approximate surface area is 507 Å². The minimum atomic E-state index is -1.87. The lowest BCUT2D eigenvalue weighted by Crippen LogP contribution is -2.67. The third-order valence-corrected chi connectivity index (χ3v) is 23.1. The van der Waals surface area contributed by atoms with Gasteiger partial charge in [0.15, 0.2) is 31.5 Å². The molecule has 0 aromatic heterocycles. The fourth-order valence-corrected chi connectivity index (χ4v) is 17.6. The zero-order valence-electron chi connectivity index (χ0n) is 51.4. The molecule has 27 nitrogen and oxygen atoms in total. The van der Waals surface area contributed by atoms with Gasteiger partial charge in [-0.1, -0.05) is 46.3 Å². The highest BCUT2D eigenvalue weighted by Crippen LogP contribution is 2.76. The molecule has 9 aliphatic rings. The van der Waals surface area contributed by atoms with Gasteiger partial charge in [-0.2, -0.15) is 0 Å². The first-order valence-electron chi connectivity index (χ1n) is 31.3. The van der Waals surface area contributed by atoms with Crippen LogP contribution in [0.3, 0.4) is 0 Å². The topological polar surface area (TPSA) is 436 Å². The number of ether oxygens (including phenoxy) is 10. The van der Waals surface area contributed by atoms with E-state index >= 15 is 0 Å². The van der Waals surface area contributed by atoms with E-state index in [4.69, 9.17) is 47.4 Å². The van der Waals surface area contributed by atoms with E-state index in [-0.39, 0.29) is 41.1 Å². The Morgan fingerprint density at radius 3 is 1.61 bits per heavy atom. The smallest absolute Gasteiger partial charge is 0.187 e. The Balaban J connectivity index is 0.889. The number of fused-ring (bicyclic) bond motifs is 5. The van der Waals surface area contributed by atoms with Gasteiger partial charge in [0.1, 0.15) is 110 Å². The number of aliphatic hydroxyl groups excluding tert-OH is 17. The molecular formula is C60H102O27. The summed E-state index contributed by atoms with van der Waals surface area (Å²) in [7, 11) is 0. The van der Waals surface area contributed by atoms with Gasteiger partial charge in [-0.3, -0.25) is 0 Å². The van der Waals surface area contributed by atoms with Gasteiger partial charge in [0.2, 0.25) is 0 Å². The van der Waals surface area contributed by atoms with Crippen LogP contribution in [0.25, 0.3) is 0 Å². The van der Waals surface area contributed by atoms with E-state index in [9.17, 15) is 86.8 Å². The van der Waals surface area contributed by atoms with Crippen LogP contribution in [0.1, 0.15) is 120 Å². The van der Waals surface area contributed by atoms with E-state index in [1.54, 1.807) is 6.92 Å². The molecule has 9 rings (SSSR count). The van der Waals surface area contributed by atoms with Crippen LogP contribution >= 0.6 is 0 Å². The molecule has 17 N–H and O–H groups in total. The van der Waals surface area contributed by atoms with Crippen molar-refractivity contribution in [1.29, 1.82) is 0 Å². The van der Waals surface area contributed by atoms with Crippen molar-refractivity contribution >= 4 is 0 Å². The van der Waals surface area contributed by atoms with Crippen LogP contribution in [0.5, 0.6) is 0 Å². The van der Waals surface area contributed by atoms with Crippen LogP contribution in [0.15, 0.2) is 11.6 Å². The Kier molecular flexibility index (Phi) is 21.6. The summed E-state index contributed by atoms with van der Waals surface area (Å²) in [5, 5.41) is 185. The van der Waals surface area contributed by atoms with Crippen molar-refractivity contribution in [1.82, 2.24) is 0 Å². The highest BCUT2D eigenvalue weighted by atomic mass is 16.8. The van der Waals surface area contributed by atoms with Crippen LogP contribution in [0, 0.1) is 45.3 Å². The first kappa shape index (κ1) is 70.0. The molecule has 0 spiro atoms. The molecule has 4 aliphatic carbocycles. The molecule has 87 heavy (non-hydrogen) atoms. The molecule has 5 heterocycles. The number of rotatable bonds is 18. The second-order valence-electron chi connectivity index (χ2n) is 28.5. The lowest BCUT2D eigenvalue weighted by Gasteiger charge is -2.71. The molecule has 504 valence electrons. The van der Waals surface area contributed by atoms with Crippen molar-refractivity contribution in [3.8, 4) is 0 Å². The van der Waals surface area contributed by atoms with Gasteiger partial charge < -0.3 is 134 Å². The van der Waals surface area contributed by atoms with E-state index in [1.165, 1.54) is 13.8 Å². The van der Waals surface area contributed by atoms with Crippen molar-refractivity contribution in [3.63, 3.8) is 0 Å². The monoisotopic (exact) mass is 1250 g/mol. The maximum absolute atomic E-state index is 12.9. The number of allylic oxidation sites excluding steroid dienone is 1. The zero-order valence-corrected chi connectivity index (χ0v) is 51.4. The Bertz CT molecular complexity index is 2300. The molecule has 5 aliphatic heterocycles. The maximum atomic E-state index is 12.9. The van der Waals surface area contributed by atoms with Gasteiger partial charge in [0.05, 0.1) is 56.4 Å². The number of aliphatic hydroxyl groups is 17. The van der Waals surface area contributed by atoms with Crippen LogP contribution in [-0.2, 0) is 47.4 Å². The maximum Gasteiger partial charge on any atom is 0.187 e. The molecule has 5 saturated heterocycles. The summed E-state index contributed by atoms with van der Waals surface area (Å²) in [5.41, 5.74) is -2.13. The molecule has 35 atom stereocenters. The molecule has 0 aromatic carbocycles. The molecule has 0 bridgehead atoms. The summed E-state index contributed by atoms with van der Waals surface area (Å²) in [6, 6.07) is 0. The van der Waals surface area contributed by atoms with E-state index in [1.807, 2.05) is 13.0 Å². The minimum Gasteiger partial charge on any atom is -0.394 e. The van der Waals surface area contributed by atoms with Gasteiger partial charge in [-0.05, 0) is 131 Å². The molecule has 4 saturated carbocycles. The van der Waals surface area contributed by atoms with Crippen molar-refractivity contribution < 1.29 is 134 Å². The van der Waals surface area contributed by atoms with Gasteiger partial charge >= 0.3 is 0 Å². The van der Waals surface area contributed by atoms with Gasteiger partial charge in [-0.15, -0.1) is 0 Å². The Hall–Kier alpha value is -1.34. The SMILES string of the molecule is CC(=CCCC(C)(OC1OC(COC2OC(C)C(O)C(O)C2O)C(O)C(O)C1O)C1CCC2(C)C1C(O)CC1C3(C)CCC(OC4OC(COC5OC(C)C(O)C(O)C5OC5OC(CO)C(O)C(O)C5O)C(O)C(O)C4O)C(C)(C)C3CCC12C)CO. The molecule has 9 fully saturated rings. The second kappa shape index (κ2) is 26.8. The number of hydrogen-bond donors (Lipinski definition) is 17. The summed E-state index contributed by atoms with van der Waals surface area (Å²) in [5.74, 6) is -0.623. The lowest BCUT2D eigenvalue weighted by atomic mass is 9.35. The first-order chi connectivity index (χ1) is 40.7. The standard InChI is InChI=1S/C60H102O27/c1-24(20-61)11-10-15-60(9,87-54-49(77)44(72)40(68)31(84-54)22-78-51-46(74)41(69)36(64)25(2)80-51)27-12-17-59(8)35(27)28(63)19-33-57(6)16-14-34(56(4,5)32(57)13-18-58(33,59)7)85-52-47(75)43(71)39(67)30(83-52)23-79-55-50(45(73)37(65)26(3)81-55)86-53-48(76)42(70)38(66)29(21-62)82-53/h11,25-55,61-77H,10,12-23H2,1-9H3. The molecule has 0 amide bonds. The summed E-state index contributed by atoms with van der Waals surface area (Å²) >= 11 is 0. The molecular weight excluding hydrogens is 1150 g/mol. The van der Waals surface area contributed by atoms with Crippen molar-refractivity contribution in [2.75, 3.05) is 26.4 Å².